The molecule has 6 heteroatoms. The lowest BCUT2D eigenvalue weighted by Crippen LogP contribution is -2.46. The highest BCUT2D eigenvalue weighted by Gasteiger charge is 2.18. The molecule has 0 saturated carbocycles. The number of pyridine rings is 1. The molecule has 1 aromatic carbocycles. The average Bonchev–Trinajstić information content (AvgIpc) is 2.69. The standard InChI is InChI=1S/C21H26N4O2/c1-15(2)18-6-4-5-16(3)20(18)23-21(27)17-7-8-19(22-13-17)25-11-9-24(14-26)10-12-25/h4-8,13-15H,9-12H2,1-3H3,(H,23,27). The molecule has 1 N–H and O–H groups in total. The Morgan fingerprint density at radius 1 is 1.15 bits per heavy atom. The van der Waals surface area contributed by atoms with Gasteiger partial charge in [0.1, 0.15) is 5.82 Å². The third kappa shape index (κ3) is 4.27. The first kappa shape index (κ1) is 18.9. The number of rotatable bonds is 5. The fraction of sp³-hybridized carbons (Fsp3) is 0.381. The van der Waals surface area contributed by atoms with E-state index in [-0.39, 0.29) is 5.91 Å². The first-order valence-corrected chi connectivity index (χ1v) is 9.31. The Hall–Kier alpha value is -2.89. The Bertz CT molecular complexity index is 809. The lowest BCUT2D eigenvalue weighted by molar-refractivity contribution is -0.118. The van der Waals surface area contributed by atoms with Crippen LogP contribution in [0.4, 0.5) is 11.5 Å². The Morgan fingerprint density at radius 2 is 1.89 bits per heavy atom. The molecule has 2 heterocycles. The number of nitrogens with zero attached hydrogens (tertiary/aromatic N) is 3. The van der Waals surface area contributed by atoms with Crippen molar-refractivity contribution >= 4 is 23.8 Å². The van der Waals surface area contributed by atoms with Crippen molar-refractivity contribution in [3.8, 4) is 0 Å². The Morgan fingerprint density at radius 3 is 2.48 bits per heavy atom. The number of anilines is 2. The van der Waals surface area contributed by atoms with Gasteiger partial charge in [-0.1, -0.05) is 32.0 Å². The molecular formula is C21H26N4O2. The molecule has 0 radical (unpaired) electrons. The predicted octanol–water partition coefficient (Wildman–Crippen LogP) is 3.04. The molecule has 1 fully saturated rings. The summed E-state index contributed by atoms with van der Waals surface area (Å²) >= 11 is 0. The SMILES string of the molecule is Cc1cccc(C(C)C)c1NC(=O)c1ccc(N2CCN(C=O)CC2)nc1. The number of aryl methyl sites for hydroxylation is 1. The van der Waals surface area contributed by atoms with Crippen LogP contribution in [0, 0.1) is 6.92 Å². The summed E-state index contributed by atoms with van der Waals surface area (Å²) < 4.78 is 0. The Balaban J connectivity index is 1.71. The number of para-hydroxylation sites is 1. The van der Waals surface area contributed by atoms with Gasteiger partial charge in [0.15, 0.2) is 0 Å². The van der Waals surface area contributed by atoms with Crippen molar-refractivity contribution in [2.45, 2.75) is 26.7 Å². The van der Waals surface area contributed by atoms with E-state index in [9.17, 15) is 9.59 Å². The summed E-state index contributed by atoms with van der Waals surface area (Å²) in [5, 5.41) is 3.05. The molecule has 27 heavy (non-hydrogen) atoms. The van der Waals surface area contributed by atoms with Gasteiger partial charge in [-0.25, -0.2) is 4.98 Å². The molecule has 142 valence electrons. The number of piperazine rings is 1. The highest BCUT2D eigenvalue weighted by molar-refractivity contribution is 6.05. The van der Waals surface area contributed by atoms with Gasteiger partial charge in [-0.2, -0.15) is 0 Å². The average molecular weight is 366 g/mol. The zero-order valence-electron chi connectivity index (χ0n) is 16.1. The second kappa shape index (κ2) is 8.20. The number of carbonyl (C=O) groups is 2. The second-order valence-corrected chi connectivity index (χ2v) is 7.18. The number of aromatic nitrogens is 1. The van der Waals surface area contributed by atoms with Crippen LogP contribution in [0.5, 0.6) is 0 Å². The van der Waals surface area contributed by atoms with Crippen molar-refractivity contribution in [2.24, 2.45) is 0 Å². The van der Waals surface area contributed by atoms with Crippen LogP contribution in [0.3, 0.4) is 0 Å². The fourth-order valence-corrected chi connectivity index (χ4v) is 3.29. The minimum atomic E-state index is -0.156. The summed E-state index contributed by atoms with van der Waals surface area (Å²) in [5.41, 5.74) is 3.59. The smallest absolute Gasteiger partial charge is 0.257 e. The van der Waals surface area contributed by atoms with Crippen LogP contribution in [0.1, 0.15) is 41.3 Å². The minimum absolute atomic E-state index is 0.156. The topological polar surface area (TPSA) is 65.5 Å². The van der Waals surface area contributed by atoms with Crippen LogP contribution < -0.4 is 10.2 Å². The lowest BCUT2D eigenvalue weighted by atomic mass is 9.98. The Kier molecular flexibility index (Phi) is 5.74. The number of amides is 2. The van der Waals surface area contributed by atoms with Gasteiger partial charge >= 0.3 is 0 Å². The third-order valence-corrected chi connectivity index (χ3v) is 4.96. The van der Waals surface area contributed by atoms with E-state index in [1.807, 2.05) is 31.2 Å². The summed E-state index contributed by atoms with van der Waals surface area (Å²) in [6.07, 6.45) is 2.50. The fourth-order valence-electron chi connectivity index (χ4n) is 3.29. The molecule has 3 rings (SSSR count). The molecule has 0 atom stereocenters. The predicted molar refractivity (Wildman–Crippen MR) is 107 cm³/mol. The van der Waals surface area contributed by atoms with Gasteiger partial charge < -0.3 is 15.1 Å². The summed E-state index contributed by atoms with van der Waals surface area (Å²) in [4.78, 5) is 31.8. The number of hydrogen-bond donors (Lipinski definition) is 1. The van der Waals surface area contributed by atoms with Crippen molar-refractivity contribution in [2.75, 3.05) is 36.4 Å². The zero-order valence-corrected chi connectivity index (χ0v) is 16.1. The molecule has 6 nitrogen and oxygen atoms in total. The monoisotopic (exact) mass is 366 g/mol. The molecular weight excluding hydrogens is 340 g/mol. The van der Waals surface area contributed by atoms with E-state index in [1.54, 1.807) is 17.2 Å². The van der Waals surface area contributed by atoms with Crippen LogP contribution in [-0.4, -0.2) is 48.4 Å². The summed E-state index contributed by atoms with van der Waals surface area (Å²) in [7, 11) is 0. The molecule has 1 aliphatic heterocycles. The van der Waals surface area contributed by atoms with Crippen molar-refractivity contribution < 1.29 is 9.59 Å². The van der Waals surface area contributed by atoms with Gasteiger partial charge in [0.2, 0.25) is 6.41 Å². The van der Waals surface area contributed by atoms with Gasteiger partial charge in [0.05, 0.1) is 5.56 Å². The molecule has 0 aliphatic carbocycles. The van der Waals surface area contributed by atoms with E-state index in [4.69, 9.17) is 0 Å². The molecule has 1 aliphatic rings. The van der Waals surface area contributed by atoms with E-state index >= 15 is 0 Å². The van der Waals surface area contributed by atoms with Crippen molar-refractivity contribution in [1.29, 1.82) is 0 Å². The largest absolute Gasteiger partial charge is 0.353 e. The highest BCUT2D eigenvalue weighted by Crippen LogP contribution is 2.28. The molecule has 1 aromatic heterocycles. The number of hydrogen-bond acceptors (Lipinski definition) is 4. The summed E-state index contributed by atoms with van der Waals surface area (Å²) in [6.45, 7) is 9.12. The van der Waals surface area contributed by atoms with Gasteiger partial charge in [-0.05, 0) is 36.1 Å². The minimum Gasteiger partial charge on any atom is -0.353 e. The molecule has 2 amide bonds. The highest BCUT2D eigenvalue weighted by atomic mass is 16.1. The first-order chi connectivity index (χ1) is 13.0. The van der Waals surface area contributed by atoms with Crippen LogP contribution in [0.2, 0.25) is 0 Å². The van der Waals surface area contributed by atoms with Crippen molar-refractivity contribution in [3.05, 3.63) is 53.2 Å². The molecule has 1 saturated heterocycles. The lowest BCUT2D eigenvalue weighted by Gasteiger charge is -2.33. The first-order valence-electron chi connectivity index (χ1n) is 9.31. The zero-order chi connectivity index (χ0) is 19.4. The van der Waals surface area contributed by atoms with Gasteiger partial charge in [-0.3, -0.25) is 9.59 Å². The van der Waals surface area contributed by atoms with Crippen LogP contribution in [-0.2, 0) is 4.79 Å². The van der Waals surface area contributed by atoms with Crippen molar-refractivity contribution in [1.82, 2.24) is 9.88 Å². The third-order valence-electron chi connectivity index (χ3n) is 4.96. The molecule has 0 spiro atoms. The van der Waals surface area contributed by atoms with E-state index in [1.165, 1.54) is 0 Å². The van der Waals surface area contributed by atoms with Crippen LogP contribution in [0.15, 0.2) is 36.5 Å². The van der Waals surface area contributed by atoms with Crippen molar-refractivity contribution in [3.63, 3.8) is 0 Å². The van der Waals surface area contributed by atoms with E-state index in [2.05, 4.69) is 29.0 Å². The van der Waals surface area contributed by atoms with Gasteiger partial charge in [0, 0.05) is 38.1 Å². The Labute approximate surface area is 160 Å². The second-order valence-electron chi connectivity index (χ2n) is 7.18. The van der Waals surface area contributed by atoms with E-state index in [0.29, 0.717) is 24.6 Å². The summed E-state index contributed by atoms with van der Waals surface area (Å²) in [5.74, 6) is 0.998. The maximum absolute atomic E-state index is 12.7. The van der Waals surface area contributed by atoms with Gasteiger partial charge in [-0.15, -0.1) is 0 Å². The molecule has 2 aromatic rings. The van der Waals surface area contributed by atoms with Crippen LogP contribution in [0.25, 0.3) is 0 Å². The quantitative estimate of drug-likeness (QED) is 0.826. The molecule has 0 unspecified atom stereocenters. The van der Waals surface area contributed by atoms with Crippen LogP contribution >= 0.6 is 0 Å². The number of benzene rings is 1. The summed E-state index contributed by atoms with van der Waals surface area (Å²) in [6, 6.07) is 9.74. The normalized spacial score (nSPS) is 14.4. The molecule has 0 bridgehead atoms. The van der Waals surface area contributed by atoms with E-state index < -0.39 is 0 Å². The maximum atomic E-state index is 12.7. The number of carbonyl (C=O) groups excluding carboxylic acids is 2. The number of nitrogens with one attached hydrogen (secondary N) is 1. The van der Waals surface area contributed by atoms with Gasteiger partial charge in [0.25, 0.3) is 5.91 Å². The maximum Gasteiger partial charge on any atom is 0.257 e. The van der Waals surface area contributed by atoms with E-state index in [0.717, 1.165) is 42.1 Å².